The van der Waals surface area contributed by atoms with Crippen molar-refractivity contribution in [2.24, 2.45) is 0 Å². The molecular weight excluding hydrogens is 513 g/mol. The van der Waals surface area contributed by atoms with E-state index in [0.717, 1.165) is 16.0 Å². The van der Waals surface area contributed by atoms with E-state index in [9.17, 15) is 14.0 Å². The number of nitrogens with zero attached hydrogens (tertiary/aromatic N) is 4. The molecule has 0 fully saturated rings. The van der Waals surface area contributed by atoms with Crippen molar-refractivity contribution in [1.29, 1.82) is 0 Å². The second kappa shape index (κ2) is 9.92. The number of carbonyl (C=O) groups excluding carboxylic acids is 2. The number of aromatic nitrogens is 3. The topological polar surface area (TPSA) is 94.1 Å². The summed E-state index contributed by atoms with van der Waals surface area (Å²) in [7, 11) is 0. The summed E-state index contributed by atoms with van der Waals surface area (Å²) in [6.45, 7) is 2.54. The number of thiophene rings is 1. The summed E-state index contributed by atoms with van der Waals surface area (Å²) in [6.07, 6.45) is 0.511. The predicted molar refractivity (Wildman–Crippen MR) is 150 cm³/mol. The Morgan fingerprint density at radius 3 is 2.56 bits per heavy atom. The Kier molecular flexibility index (Phi) is 6.28. The van der Waals surface area contributed by atoms with Gasteiger partial charge in [0, 0.05) is 28.2 Å². The summed E-state index contributed by atoms with van der Waals surface area (Å²) >= 11 is 1.34. The summed E-state index contributed by atoms with van der Waals surface area (Å²) in [5.41, 5.74) is 11.0. The molecule has 3 heterocycles. The Labute approximate surface area is 228 Å². The Morgan fingerprint density at radius 1 is 1.03 bits per heavy atom. The lowest BCUT2D eigenvalue weighted by Gasteiger charge is -2.23. The molecule has 0 atom stereocenters. The van der Waals surface area contributed by atoms with Gasteiger partial charge >= 0.3 is 0 Å². The van der Waals surface area contributed by atoms with E-state index < -0.39 is 5.82 Å². The van der Waals surface area contributed by atoms with Gasteiger partial charge in [0.2, 0.25) is 5.78 Å². The van der Waals surface area contributed by atoms with Gasteiger partial charge in [-0.3, -0.25) is 9.59 Å². The van der Waals surface area contributed by atoms with Gasteiger partial charge in [0.1, 0.15) is 11.5 Å². The zero-order valence-corrected chi connectivity index (χ0v) is 21.9. The molecular formula is C30H24FN5O2S. The first-order valence-electron chi connectivity index (χ1n) is 12.5. The van der Waals surface area contributed by atoms with Gasteiger partial charge in [-0.25, -0.2) is 9.07 Å². The zero-order valence-electron chi connectivity index (χ0n) is 21.1. The van der Waals surface area contributed by atoms with Gasteiger partial charge < -0.3 is 10.6 Å². The lowest BCUT2D eigenvalue weighted by Crippen LogP contribution is -2.32. The van der Waals surface area contributed by atoms with Gasteiger partial charge in [0.15, 0.2) is 0 Å². The van der Waals surface area contributed by atoms with Crippen LogP contribution in [0.1, 0.15) is 42.5 Å². The first-order valence-corrected chi connectivity index (χ1v) is 13.3. The van der Waals surface area contributed by atoms with Gasteiger partial charge in [-0.05, 0) is 73.0 Å². The molecule has 5 aromatic rings. The van der Waals surface area contributed by atoms with E-state index in [1.807, 2.05) is 36.4 Å². The van der Waals surface area contributed by atoms with Crippen LogP contribution in [-0.4, -0.2) is 33.2 Å². The molecule has 1 aliphatic heterocycles. The average molecular weight is 538 g/mol. The molecule has 194 valence electrons. The van der Waals surface area contributed by atoms with Crippen molar-refractivity contribution >= 4 is 34.4 Å². The smallest absolute Gasteiger partial charge is 0.258 e. The van der Waals surface area contributed by atoms with Crippen molar-refractivity contribution in [3.05, 3.63) is 118 Å². The molecule has 0 spiro atoms. The molecule has 0 unspecified atom stereocenters. The monoisotopic (exact) mass is 537 g/mol. The molecule has 1 amide bonds. The first-order chi connectivity index (χ1) is 18.9. The van der Waals surface area contributed by atoms with Gasteiger partial charge in [0.25, 0.3) is 5.91 Å². The molecule has 2 N–H and O–H groups in total. The van der Waals surface area contributed by atoms with E-state index in [1.165, 1.54) is 23.5 Å². The molecule has 3 aromatic carbocycles. The maximum absolute atomic E-state index is 14.5. The largest absolute Gasteiger partial charge is 0.399 e. The Morgan fingerprint density at radius 2 is 1.79 bits per heavy atom. The Bertz CT molecular complexity index is 1710. The first kappa shape index (κ1) is 24.7. The van der Waals surface area contributed by atoms with Gasteiger partial charge in [-0.1, -0.05) is 35.5 Å². The van der Waals surface area contributed by atoms with Crippen LogP contribution in [0.4, 0.5) is 15.8 Å². The molecule has 1 aliphatic rings. The molecule has 0 saturated heterocycles. The fourth-order valence-corrected chi connectivity index (χ4v) is 6.07. The summed E-state index contributed by atoms with van der Waals surface area (Å²) in [6, 6.07) is 22.8. The number of hydrogen-bond donors (Lipinski definition) is 1. The molecule has 0 bridgehead atoms. The highest BCUT2D eigenvalue weighted by Gasteiger charge is 2.29. The fraction of sp³-hybridized carbons (Fsp3) is 0.133. The highest BCUT2D eigenvalue weighted by molar-refractivity contribution is 7.17. The van der Waals surface area contributed by atoms with Crippen LogP contribution in [0.15, 0.2) is 78.9 Å². The van der Waals surface area contributed by atoms with Crippen molar-refractivity contribution in [3.63, 3.8) is 0 Å². The number of anilines is 2. The number of nitrogen functional groups attached to an aromatic ring is 1. The minimum Gasteiger partial charge on any atom is -0.399 e. The predicted octanol–water partition coefficient (Wildman–Crippen LogP) is 5.52. The van der Waals surface area contributed by atoms with Crippen molar-refractivity contribution in [3.8, 4) is 10.4 Å². The molecule has 7 nitrogen and oxygen atoms in total. The third-order valence-electron chi connectivity index (χ3n) is 6.83. The van der Waals surface area contributed by atoms with Crippen molar-refractivity contribution < 1.29 is 14.0 Å². The van der Waals surface area contributed by atoms with E-state index in [4.69, 9.17) is 5.73 Å². The number of hydrogen-bond acceptors (Lipinski definition) is 6. The summed E-state index contributed by atoms with van der Waals surface area (Å²) in [4.78, 5) is 30.2. The quantitative estimate of drug-likeness (QED) is 0.235. The molecule has 39 heavy (non-hydrogen) atoms. The van der Waals surface area contributed by atoms with Gasteiger partial charge in [0.05, 0.1) is 22.8 Å². The third-order valence-corrected chi connectivity index (χ3v) is 8.04. The number of ketones is 1. The number of fused-ring (bicyclic) bond motifs is 3. The van der Waals surface area contributed by atoms with Crippen molar-refractivity contribution in [2.45, 2.75) is 19.9 Å². The van der Waals surface area contributed by atoms with E-state index in [2.05, 4.69) is 10.3 Å². The Balaban J connectivity index is 1.37. The van der Waals surface area contributed by atoms with Crippen LogP contribution < -0.4 is 10.6 Å². The highest BCUT2D eigenvalue weighted by atomic mass is 32.1. The van der Waals surface area contributed by atoms with Crippen LogP contribution in [0.5, 0.6) is 0 Å². The number of halogens is 1. The van der Waals surface area contributed by atoms with E-state index >= 15 is 0 Å². The van der Waals surface area contributed by atoms with E-state index in [1.54, 1.807) is 46.8 Å². The molecule has 0 saturated carbocycles. The standard InChI is InChI=1S/C30H24FN5O2S/c1-18-27(36(34-33-18)17-19-5-3-2-4-6-19)28(37)26-15-21-13-14-35(30(38)20-7-10-23(32)11-8-20)25-16-22(31)9-12-24(25)29(21)39-26/h2-12,15-16H,13-14,17,32H2,1H3. The molecule has 0 radical (unpaired) electrons. The maximum Gasteiger partial charge on any atom is 0.258 e. The third kappa shape index (κ3) is 4.61. The number of aryl methyl sites for hydroxylation is 1. The highest BCUT2D eigenvalue weighted by Crippen LogP contribution is 2.42. The van der Waals surface area contributed by atoms with E-state index in [-0.39, 0.29) is 11.7 Å². The second-order valence-corrected chi connectivity index (χ2v) is 10.5. The van der Waals surface area contributed by atoms with Crippen molar-refractivity contribution in [2.75, 3.05) is 17.2 Å². The zero-order chi connectivity index (χ0) is 27.1. The van der Waals surface area contributed by atoms with Gasteiger partial charge in [-0.2, -0.15) is 0 Å². The van der Waals surface area contributed by atoms with Crippen LogP contribution in [0.25, 0.3) is 10.4 Å². The lowest BCUT2D eigenvalue weighted by atomic mass is 10.1. The average Bonchev–Trinajstić information content (AvgIpc) is 3.49. The molecule has 0 aliphatic carbocycles. The van der Waals surface area contributed by atoms with Crippen LogP contribution in [-0.2, 0) is 13.0 Å². The van der Waals surface area contributed by atoms with E-state index in [0.29, 0.717) is 58.3 Å². The Hall–Kier alpha value is -4.63. The lowest BCUT2D eigenvalue weighted by molar-refractivity contribution is 0.0985. The maximum atomic E-state index is 14.5. The van der Waals surface area contributed by atoms with Crippen LogP contribution in [0, 0.1) is 12.7 Å². The van der Waals surface area contributed by atoms with Crippen LogP contribution in [0.2, 0.25) is 0 Å². The minimum atomic E-state index is -0.438. The summed E-state index contributed by atoms with van der Waals surface area (Å²) in [5.74, 6) is -0.837. The normalized spacial score (nSPS) is 12.5. The summed E-state index contributed by atoms with van der Waals surface area (Å²) in [5, 5.41) is 8.39. The summed E-state index contributed by atoms with van der Waals surface area (Å²) < 4.78 is 16.1. The minimum absolute atomic E-state index is 0.162. The number of rotatable bonds is 5. The SMILES string of the molecule is Cc1nnn(Cc2ccccc2)c1C(=O)c1cc2c(s1)-c1ccc(F)cc1N(C(=O)c1ccc(N)cc1)CC2. The molecule has 6 rings (SSSR count). The number of amides is 1. The van der Waals surface area contributed by atoms with Crippen LogP contribution in [0.3, 0.4) is 0 Å². The fourth-order valence-electron chi connectivity index (χ4n) is 4.88. The van der Waals surface area contributed by atoms with Crippen molar-refractivity contribution in [1.82, 2.24) is 15.0 Å². The van der Waals surface area contributed by atoms with Crippen LogP contribution >= 0.6 is 11.3 Å². The number of benzene rings is 3. The second-order valence-electron chi connectivity index (χ2n) is 9.45. The molecule has 9 heteroatoms. The number of carbonyl (C=O) groups is 2. The number of nitrogens with two attached hydrogens (primary N) is 1. The van der Waals surface area contributed by atoms with Gasteiger partial charge in [-0.15, -0.1) is 16.4 Å². The molecule has 2 aromatic heterocycles.